The molecule has 0 aliphatic carbocycles. The number of hydrogen-bond acceptors (Lipinski definition) is 3. The quantitative estimate of drug-likeness (QED) is 0.657. The molecule has 2 aromatic rings. The fraction of sp³-hybridized carbons (Fsp3) is 0.167. The maximum absolute atomic E-state index is 12.0. The van der Waals surface area contributed by atoms with Crippen molar-refractivity contribution in [2.45, 2.75) is 12.5 Å². The van der Waals surface area contributed by atoms with Crippen molar-refractivity contribution in [3.05, 3.63) is 70.2 Å². The number of carbonyl (C=O) groups excluding carboxylic acids is 2. The van der Waals surface area contributed by atoms with Crippen molar-refractivity contribution in [2.24, 2.45) is 0 Å². The van der Waals surface area contributed by atoms with Crippen molar-refractivity contribution in [1.29, 1.82) is 0 Å². The third-order valence-electron chi connectivity index (χ3n) is 3.41. The summed E-state index contributed by atoms with van der Waals surface area (Å²) in [6, 6.07) is 14.6. The summed E-state index contributed by atoms with van der Waals surface area (Å²) in [5.74, 6) is -2.09. The van der Waals surface area contributed by atoms with Gasteiger partial charge in [0, 0.05) is 16.5 Å². The van der Waals surface area contributed by atoms with Gasteiger partial charge in [0.1, 0.15) is 6.04 Å². The van der Waals surface area contributed by atoms with Crippen LogP contribution in [0.5, 0.6) is 0 Å². The number of carboxylic acids is 1. The Balaban J connectivity index is 1.89. The van der Waals surface area contributed by atoms with Crippen LogP contribution in [0.4, 0.5) is 0 Å². The molecule has 0 heterocycles. The lowest BCUT2D eigenvalue weighted by Crippen LogP contribution is -2.46. The lowest BCUT2D eigenvalue weighted by molar-refractivity contribution is -0.141. The molecule has 0 aliphatic heterocycles. The first-order valence-corrected chi connectivity index (χ1v) is 8.35. The van der Waals surface area contributed by atoms with Crippen molar-refractivity contribution in [3.63, 3.8) is 0 Å². The second-order valence-corrected chi connectivity index (χ2v) is 6.26. The maximum Gasteiger partial charge on any atom is 0.326 e. The molecular weight excluding hydrogens is 388 g/mol. The minimum absolute atomic E-state index is 0.146. The van der Waals surface area contributed by atoms with Gasteiger partial charge in [0.25, 0.3) is 5.91 Å². The van der Waals surface area contributed by atoms with Gasteiger partial charge in [-0.15, -0.1) is 0 Å². The molecule has 25 heavy (non-hydrogen) atoms. The molecule has 0 saturated carbocycles. The highest BCUT2D eigenvalue weighted by atomic mass is 79.9. The number of amides is 2. The van der Waals surface area contributed by atoms with E-state index in [2.05, 4.69) is 26.6 Å². The van der Waals surface area contributed by atoms with Gasteiger partial charge in [-0.25, -0.2) is 4.79 Å². The largest absolute Gasteiger partial charge is 0.480 e. The van der Waals surface area contributed by atoms with Crippen molar-refractivity contribution in [3.8, 4) is 0 Å². The number of carboxylic acid groups (broad SMARTS) is 1. The zero-order chi connectivity index (χ0) is 18.2. The molecule has 0 unspecified atom stereocenters. The molecule has 3 N–H and O–H groups in total. The Morgan fingerprint density at radius 2 is 1.76 bits per heavy atom. The van der Waals surface area contributed by atoms with Crippen molar-refractivity contribution >= 4 is 33.7 Å². The number of carbonyl (C=O) groups is 3. The van der Waals surface area contributed by atoms with Crippen LogP contribution in [0.25, 0.3) is 0 Å². The van der Waals surface area contributed by atoms with E-state index < -0.39 is 23.8 Å². The highest BCUT2D eigenvalue weighted by Crippen LogP contribution is 2.13. The molecule has 130 valence electrons. The van der Waals surface area contributed by atoms with E-state index >= 15 is 0 Å². The zero-order valence-electron chi connectivity index (χ0n) is 13.2. The zero-order valence-corrected chi connectivity index (χ0v) is 14.8. The van der Waals surface area contributed by atoms with Crippen LogP contribution in [0.3, 0.4) is 0 Å². The van der Waals surface area contributed by atoms with Gasteiger partial charge in [0.2, 0.25) is 5.91 Å². The lowest BCUT2D eigenvalue weighted by atomic mass is 10.1. The molecule has 0 spiro atoms. The molecule has 7 heteroatoms. The predicted molar refractivity (Wildman–Crippen MR) is 96.2 cm³/mol. The molecule has 0 aromatic heterocycles. The van der Waals surface area contributed by atoms with Gasteiger partial charge in [-0.1, -0.05) is 46.3 Å². The van der Waals surface area contributed by atoms with Gasteiger partial charge < -0.3 is 15.7 Å². The third-order valence-corrected chi connectivity index (χ3v) is 3.90. The number of benzene rings is 2. The number of hydrogen-bond donors (Lipinski definition) is 3. The van der Waals surface area contributed by atoms with Gasteiger partial charge in [-0.2, -0.15) is 0 Å². The fourth-order valence-corrected chi connectivity index (χ4v) is 2.64. The first-order chi connectivity index (χ1) is 12.0. The van der Waals surface area contributed by atoms with Crippen LogP contribution >= 0.6 is 15.9 Å². The number of aliphatic carboxylic acids is 1. The highest BCUT2D eigenvalue weighted by molar-refractivity contribution is 9.10. The molecular formula is C18H17BrN2O4. The van der Waals surface area contributed by atoms with Crippen LogP contribution in [0.2, 0.25) is 0 Å². The van der Waals surface area contributed by atoms with Crippen LogP contribution < -0.4 is 10.6 Å². The van der Waals surface area contributed by atoms with Crippen LogP contribution in [-0.4, -0.2) is 35.5 Å². The third kappa shape index (κ3) is 6.04. The summed E-state index contributed by atoms with van der Waals surface area (Å²) < 4.78 is 0.829. The summed E-state index contributed by atoms with van der Waals surface area (Å²) in [5.41, 5.74) is 1.20. The topological polar surface area (TPSA) is 95.5 Å². The molecule has 0 aliphatic rings. The van der Waals surface area contributed by atoms with E-state index in [-0.39, 0.29) is 13.0 Å². The Labute approximate surface area is 153 Å². The van der Waals surface area contributed by atoms with Gasteiger partial charge in [-0.3, -0.25) is 9.59 Å². The molecule has 0 bridgehead atoms. The number of rotatable bonds is 7. The minimum Gasteiger partial charge on any atom is -0.480 e. The van der Waals surface area contributed by atoms with E-state index in [0.29, 0.717) is 5.56 Å². The van der Waals surface area contributed by atoms with Gasteiger partial charge in [-0.05, 0) is 29.8 Å². The summed E-state index contributed by atoms with van der Waals surface area (Å²) in [5, 5.41) is 14.2. The van der Waals surface area contributed by atoms with Crippen molar-refractivity contribution in [1.82, 2.24) is 10.6 Å². The number of halogens is 1. The van der Waals surface area contributed by atoms with E-state index in [1.165, 1.54) is 0 Å². The van der Waals surface area contributed by atoms with Gasteiger partial charge in [0.05, 0.1) is 6.54 Å². The first-order valence-electron chi connectivity index (χ1n) is 7.55. The van der Waals surface area contributed by atoms with Gasteiger partial charge in [0.15, 0.2) is 0 Å². The SMILES string of the molecule is O=C(CNC(=O)c1ccccc1)N[C@H](Cc1cccc(Br)c1)C(=O)O. The molecule has 1 atom stereocenters. The van der Waals surface area contributed by atoms with E-state index in [4.69, 9.17) is 0 Å². The Morgan fingerprint density at radius 1 is 1.04 bits per heavy atom. The van der Waals surface area contributed by atoms with Crippen LogP contribution in [0.15, 0.2) is 59.1 Å². The summed E-state index contributed by atoms with van der Waals surface area (Å²) in [4.78, 5) is 35.2. The van der Waals surface area contributed by atoms with E-state index in [1.807, 2.05) is 6.07 Å². The van der Waals surface area contributed by atoms with E-state index in [9.17, 15) is 19.5 Å². The Morgan fingerprint density at radius 3 is 2.40 bits per heavy atom. The van der Waals surface area contributed by atoms with Gasteiger partial charge >= 0.3 is 5.97 Å². The Kier molecular flexibility index (Phi) is 6.71. The summed E-state index contributed by atoms with van der Waals surface area (Å²) in [6.07, 6.45) is 0.146. The predicted octanol–water partition coefficient (Wildman–Crippen LogP) is 1.99. The minimum atomic E-state index is -1.14. The summed E-state index contributed by atoms with van der Waals surface area (Å²) in [7, 11) is 0. The van der Waals surface area contributed by atoms with Crippen molar-refractivity contribution < 1.29 is 19.5 Å². The Bertz CT molecular complexity index is 765. The average molecular weight is 405 g/mol. The van der Waals surface area contributed by atoms with Crippen LogP contribution in [0, 0.1) is 0 Å². The van der Waals surface area contributed by atoms with Crippen LogP contribution in [0.1, 0.15) is 15.9 Å². The molecule has 0 fully saturated rings. The molecule has 0 saturated heterocycles. The van der Waals surface area contributed by atoms with E-state index in [0.717, 1.165) is 10.0 Å². The Hall–Kier alpha value is -2.67. The smallest absolute Gasteiger partial charge is 0.326 e. The van der Waals surface area contributed by atoms with Crippen LogP contribution in [-0.2, 0) is 16.0 Å². The lowest BCUT2D eigenvalue weighted by Gasteiger charge is -2.15. The molecule has 2 amide bonds. The molecule has 2 aromatic carbocycles. The second-order valence-electron chi connectivity index (χ2n) is 5.34. The van der Waals surface area contributed by atoms with Crippen molar-refractivity contribution in [2.75, 3.05) is 6.54 Å². The standard InChI is InChI=1S/C18H17BrN2O4/c19-14-8-4-5-12(9-14)10-15(18(24)25)21-16(22)11-20-17(23)13-6-2-1-3-7-13/h1-9,15H,10-11H2,(H,20,23)(H,21,22)(H,24,25)/t15-/m1/s1. The summed E-state index contributed by atoms with van der Waals surface area (Å²) >= 11 is 3.32. The fourth-order valence-electron chi connectivity index (χ4n) is 2.20. The monoisotopic (exact) mass is 404 g/mol. The molecule has 6 nitrogen and oxygen atoms in total. The average Bonchev–Trinajstić information content (AvgIpc) is 2.60. The summed E-state index contributed by atoms with van der Waals surface area (Å²) in [6.45, 7) is -0.296. The molecule has 0 radical (unpaired) electrons. The second kappa shape index (κ2) is 8.98. The normalized spacial score (nSPS) is 11.4. The maximum atomic E-state index is 12.0. The first kappa shape index (κ1) is 18.7. The molecule has 2 rings (SSSR count). The highest BCUT2D eigenvalue weighted by Gasteiger charge is 2.20. The van der Waals surface area contributed by atoms with E-state index in [1.54, 1.807) is 48.5 Å². The number of nitrogens with one attached hydrogen (secondary N) is 2.